The molecule has 1 heterocycles. The maximum atomic E-state index is 11.8. The van der Waals surface area contributed by atoms with E-state index in [0.717, 1.165) is 9.26 Å². The molecule has 1 aliphatic rings. The Hall–Kier alpha value is -0.690. The van der Waals surface area contributed by atoms with Crippen LogP contribution in [-0.2, 0) is 4.74 Å². The van der Waals surface area contributed by atoms with Crippen molar-refractivity contribution in [1.82, 2.24) is 4.90 Å². The molecule has 0 unspecified atom stereocenters. The van der Waals surface area contributed by atoms with Gasteiger partial charge in [0.25, 0.3) is 0 Å². The monoisotopic (exact) mass is 408 g/mol. The number of rotatable bonds is 2. The third kappa shape index (κ3) is 4.15. The summed E-state index contributed by atoms with van der Waals surface area (Å²) >= 11 is 8.39. The van der Waals surface area contributed by atoms with Gasteiger partial charge in [-0.05, 0) is 61.6 Å². The highest BCUT2D eigenvalue weighted by atomic mass is 127. The van der Waals surface area contributed by atoms with Gasteiger partial charge in [-0.15, -0.1) is 0 Å². The van der Waals surface area contributed by atoms with Crippen LogP contribution in [0.15, 0.2) is 18.2 Å². The summed E-state index contributed by atoms with van der Waals surface area (Å²) in [6.45, 7) is 6.87. The molecule has 0 bridgehead atoms. The Balaban J connectivity index is 1.83. The number of hydrogen-bond donors (Lipinski definition) is 1. The number of carbonyl (C=O) groups excluding carboxylic acids is 1. The second kappa shape index (κ2) is 5.97. The predicted octanol–water partition coefficient (Wildman–Crippen LogP) is 3.98. The van der Waals surface area contributed by atoms with E-state index in [1.54, 1.807) is 4.90 Å². The first-order valence-electron chi connectivity index (χ1n) is 6.44. The number of carbonyl (C=O) groups is 1. The number of hydrogen-bond acceptors (Lipinski definition) is 3. The van der Waals surface area contributed by atoms with Crippen LogP contribution in [-0.4, -0.2) is 35.7 Å². The molecule has 1 aromatic carbocycles. The number of ether oxygens (including phenoxy) is 1. The molecule has 1 aliphatic heterocycles. The van der Waals surface area contributed by atoms with E-state index in [2.05, 4.69) is 27.9 Å². The van der Waals surface area contributed by atoms with Crippen LogP contribution in [0.4, 0.5) is 10.5 Å². The predicted molar refractivity (Wildman–Crippen MR) is 89.4 cm³/mol. The van der Waals surface area contributed by atoms with Gasteiger partial charge in [0.05, 0.1) is 16.8 Å². The number of amides is 1. The van der Waals surface area contributed by atoms with Crippen molar-refractivity contribution < 1.29 is 9.53 Å². The van der Waals surface area contributed by atoms with Gasteiger partial charge in [0.1, 0.15) is 5.60 Å². The summed E-state index contributed by atoms with van der Waals surface area (Å²) in [6, 6.07) is 6.09. The summed E-state index contributed by atoms with van der Waals surface area (Å²) in [6.07, 6.45) is -0.260. The largest absolute Gasteiger partial charge is 0.444 e. The van der Waals surface area contributed by atoms with Crippen molar-refractivity contribution in [1.29, 1.82) is 0 Å². The summed E-state index contributed by atoms with van der Waals surface area (Å²) in [5.41, 5.74) is 0.454. The molecule has 0 atom stereocenters. The number of likely N-dealkylation sites (tertiary alicyclic amines) is 1. The summed E-state index contributed by atoms with van der Waals surface area (Å²) in [4.78, 5) is 13.5. The molecule has 1 N–H and O–H groups in total. The normalized spacial score (nSPS) is 15.8. The minimum atomic E-state index is -0.449. The third-order valence-corrected chi connectivity index (χ3v) is 3.81. The second-order valence-electron chi connectivity index (χ2n) is 5.85. The van der Waals surface area contributed by atoms with Crippen LogP contribution in [0.5, 0.6) is 0 Å². The van der Waals surface area contributed by atoms with E-state index in [0.29, 0.717) is 18.1 Å². The third-order valence-electron chi connectivity index (χ3n) is 2.82. The number of halogens is 2. The van der Waals surface area contributed by atoms with E-state index in [4.69, 9.17) is 16.3 Å². The van der Waals surface area contributed by atoms with E-state index < -0.39 is 5.60 Å². The Bertz CT molecular complexity index is 510. The summed E-state index contributed by atoms with van der Waals surface area (Å²) in [5.74, 6) is 0. The van der Waals surface area contributed by atoms with Gasteiger partial charge in [-0.25, -0.2) is 4.79 Å². The molecule has 1 amide bonds. The smallest absolute Gasteiger partial charge is 0.410 e. The quantitative estimate of drug-likeness (QED) is 0.753. The molecule has 4 nitrogen and oxygen atoms in total. The lowest BCUT2D eigenvalue weighted by Crippen LogP contribution is -2.57. The Kier molecular flexibility index (Phi) is 4.69. The van der Waals surface area contributed by atoms with E-state index in [-0.39, 0.29) is 12.1 Å². The van der Waals surface area contributed by atoms with Gasteiger partial charge >= 0.3 is 6.09 Å². The molecule has 1 saturated heterocycles. The highest BCUT2D eigenvalue weighted by molar-refractivity contribution is 14.1. The van der Waals surface area contributed by atoms with E-state index >= 15 is 0 Å². The topological polar surface area (TPSA) is 41.6 Å². The first-order valence-corrected chi connectivity index (χ1v) is 7.90. The van der Waals surface area contributed by atoms with E-state index in [1.165, 1.54) is 0 Å². The molecule has 1 fully saturated rings. The van der Waals surface area contributed by atoms with Crippen molar-refractivity contribution in [3.05, 3.63) is 26.8 Å². The van der Waals surface area contributed by atoms with Crippen LogP contribution in [0.2, 0.25) is 5.02 Å². The van der Waals surface area contributed by atoms with Crippen molar-refractivity contribution >= 4 is 46.0 Å². The molecular weight excluding hydrogens is 391 g/mol. The highest BCUT2D eigenvalue weighted by Gasteiger charge is 2.33. The zero-order chi connectivity index (χ0) is 14.9. The first-order chi connectivity index (χ1) is 9.24. The molecule has 110 valence electrons. The zero-order valence-electron chi connectivity index (χ0n) is 11.7. The molecule has 2 rings (SSSR count). The van der Waals surface area contributed by atoms with Gasteiger partial charge < -0.3 is 15.0 Å². The van der Waals surface area contributed by atoms with Crippen molar-refractivity contribution in [2.24, 2.45) is 0 Å². The lowest BCUT2D eigenvalue weighted by molar-refractivity contribution is 0.0105. The fourth-order valence-electron chi connectivity index (χ4n) is 1.87. The molecule has 0 aliphatic carbocycles. The van der Waals surface area contributed by atoms with Gasteiger partial charge in [-0.1, -0.05) is 11.6 Å². The van der Waals surface area contributed by atoms with Crippen molar-refractivity contribution in [2.75, 3.05) is 18.4 Å². The Morgan fingerprint density at radius 3 is 2.65 bits per heavy atom. The first kappa shape index (κ1) is 15.7. The standard InChI is InChI=1S/C14H18ClIN2O2/c1-14(2,3)20-13(19)18-7-10(8-18)17-12-5-4-9(16)6-11(12)15/h4-6,10,17H,7-8H2,1-3H3. The van der Waals surface area contributed by atoms with Crippen molar-refractivity contribution in [3.63, 3.8) is 0 Å². The summed E-state index contributed by atoms with van der Waals surface area (Å²) in [5, 5.41) is 4.04. The molecule has 0 radical (unpaired) electrons. The molecule has 1 aromatic rings. The average molecular weight is 409 g/mol. The SMILES string of the molecule is CC(C)(C)OC(=O)N1CC(Nc2ccc(I)cc2Cl)C1. The van der Waals surface area contributed by atoms with E-state index in [1.807, 2.05) is 39.0 Å². The molecule has 20 heavy (non-hydrogen) atoms. The lowest BCUT2D eigenvalue weighted by atomic mass is 10.1. The van der Waals surface area contributed by atoms with Crippen LogP contribution >= 0.6 is 34.2 Å². The maximum absolute atomic E-state index is 11.8. The van der Waals surface area contributed by atoms with Crippen LogP contribution in [0, 0.1) is 3.57 Å². The summed E-state index contributed by atoms with van der Waals surface area (Å²) < 4.78 is 6.41. The number of benzene rings is 1. The summed E-state index contributed by atoms with van der Waals surface area (Å²) in [7, 11) is 0. The van der Waals surface area contributed by atoms with Crippen molar-refractivity contribution in [3.8, 4) is 0 Å². The Labute approximate surface area is 137 Å². The molecule has 6 heteroatoms. The number of nitrogens with one attached hydrogen (secondary N) is 1. The molecule has 0 spiro atoms. The Morgan fingerprint density at radius 1 is 1.45 bits per heavy atom. The number of nitrogens with zero attached hydrogens (tertiary/aromatic N) is 1. The van der Waals surface area contributed by atoms with E-state index in [9.17, 15) is 4.79 Å². The van der Waals surface area contributed by atoms with Gasteiger partial charge in [0, 0.05) is 16.7 Å². The fourth-order valence-corrected chi connectivity index (χ4v) is 2.78. The van der Waals surface area contributed by atoms with Crippen LogP contribution in [0.1, 0.15) is 20.8 Å². The van der Waals surface area contributed by atoms with Crippen LogP contribution in [0.25, 0.3) is 0 Å². The highest BCUT2D eigenvalue weighted by Crippen LogP contribution is 2.26. The maximum Gasteiger partial charge on any atom is 0.410 e. The molecule has 0 aromatic heterocycles. The second-order valence-corrected chi connectivity index (χ2v) is 7.50. The molecule has 0 saturated carbocycles. The van der Waals surface area contributed by atoms with Crippen molar-refractivity contribution in [2.45, 2.75) is 32.4 Å². The van der Waals surface area contributed by atoms with Crippen LogP contribution < -0.4 is 5.32 Å². The van der Waals surface area contributed by atoms with Gasteiger partial charge in [-0.3, -0.25) is 0 Å². The van der Waals surface area contributed by atoms with Gasteiger partial charge in [-0.2, -0.15) is 0 Å². The average Bonchev–Trinajstić information content (AvgIpc) is 2.22. The molecular formula is C14H18ClIN2O2. The minimum Gasteiger partial charge on any atom is -0.444 e. The number of anilines is 1. The van der Waals surface area contributed by atoms with Gasteiger partial charge in [0.15, 0.2) is 0 Å². The Morgan fingerprint density at radius 2 is 2.10 bits per heavy atom. The fraction of sp³-hybridized carbons (Fsp3) is 0.500. The zero-order valence-corrected chi connectivity index (χ0v) is 14.7. The lowest BCUT2D eigenvalue weighted by Gasteiger charge is -2.40. The van der Waals surface area contributed by atoms with Gasteiger partial charge in [0.2, 0.25) is 0 Å². The van der Waals surface area contributed by atoms with Crippen LogP contribution in [0.3, 0.4) is 0 Å². The minimum absolute atomic E-state index is 0.222.